The standard InChI is InChI=1S/C9H18OS2/c1-11-9(12-2)7-5-3-4-6-8(7)10/h7-10H,3-6H2,1-2H3. The van der Waals surface area contributed by atoms with Crippen molar-refractivity contribution in [2.24, 2.45) is 5.92 Å². The molecule has 0 aromatic heterocycles. The zero-order chi connectivity index (χ0) is 8.97. The van der Waals surface area contributed by atoms with Crippen LogP contribution in [0, 0.1) is 5.92 Å². The van der Waals surface area contributed by atoms with Crippen molar-refractivity contribution in [2.45, 2.75) is 36.4 Å². The SMILES string of the molecule is CSC(SC)C1CCCCC1O. The summed E-state index contributed by atoms with van der Waals surface area (Å²) in [5.74, 6) is 0.531. The quantitative estimate of drug-likeness (QED) is 0.717. The first kappa shape index (κ1) is 10.7. The summed E-state index contributed by atoms with van der Waals surface area (Å²) in [5, 5.41) is 9.77. The minimum atomic E-state index is -0.0383. The molecule has 0 aliphatic heterocycles. The van der Waals surface area contributed by atoms with Gasteiger partial charge in [-0.2, -0.15) is 23.5 Å². The molecule has 0 bridgehead atoms. The highest BCUT2D eigenvalue weighted by molar-refractivity contribution is 8.16. The molecule has 2 unspecified atom stereocenters. The summed E-state index contributed by atoms with van der Waals surface area (Å²) in [6.07, 6.45) is 9.00. The van der Waals surface area contributed by atoms with Gasteiger partial charge in [-0.05, 0) is 25.4 Å². The van der Waals surface area contributed by atoms with Gasteiger partial charge in [0.05, 0.1) is 10.7 Å². The van der Waals surface area contributed by atoms with Crippen molar-refractivity contribution in [1.82, 2.24) is 0 Å². The van der Waals surface area contributed by atoms with Gasteiger partial charge in [-0.3, -0.25) is 0 Å². The molecule has 12 heavy (non-hydrogen) atoms. The van der Waals surface area contributed by atoms with E-state index in [0.29, 0.717) is 10.5 Å². The fraction of sp³-hybridized carbons (Fsp3) is 1.00. The molecular weight excluding hydrogens is 188 g/mol. The van der Waals surface area contributed by atoms with E-state index in [1.807, 2.05) is 23.5 Å². The third-order valence-electron chi connectivity index (χ3n) is 2.60. The Kier molecular flexibility index (Phi) is 4.84. The van der Waals surface area contributed by atoms with Crippen molar-refractivity contribution < 1.29 is 5.11 Å². The zero-order valence-electron chi connectivity index (χ0n) is 7.82. The molecule has 0 heterocycles. The highest BCUT2D eigenvalue weighted by Gasteiger charge is 2.29. The van der Waals surface area contributed by atoms with E-state index >= 15 is 0 Å². The van der Waals surface area contributed by atoms with E-state index in [1.165, 1.54) is 19.3 Å². The lowest BCUT2D eigenvalue weighted by Gasteiger charge is -2.32. The number of aliphatic hydroxyl groups excluding tert-OH is 1. The average molecular weight is 206 g/mol. The van der Waals surface area contributed by atoms with Gasteiger partial charge in [0.1, 0.15) is 0 Å². The predicted octanol–water partition coefficient (Wildman–Crippen LogP) is 2.59. The van der Waals surface area contributed by atoms with Crippen LogP contribution in [0.5, 0.6) is 0 Å². The van der Waals surface area contributed by atoms with Crippen molar-refractivity contribution in [3.8, 4) is 0 Å². The molecule has 0 saturated heterocycles. The van der Waals surface area contributed by atoms with Gasteiger partial charge in [0.25, 0.3) is 0 Å². The second-order valence-electron chi connectivity index (χ2n) is 3.36. The number of hydrogen-bond donors (Lipinski definition) is 1. The fourth-order valence-corrected chi connectivity index (χ4v) is 4.01. The molecule has 0 aromatic carbocycles. The molecule has 72 valence electrons. The van der Waals surface area contributed by atoms with Crippen molar-refractivity contribution in [2.75, 3.05) is 12.5 Å². The lowest BCUT2D eigenvalue weighted by atomic mass is 9.88. The molecule has 1 rings (SSSR count). The minimum absolute atomic E-state index is 0.0383. The predicted molar refractivity (Wildman–Crippen MR) is 58.8 cm³/mol. The molecule has 1 fully saturated rings. The Balaban J connectivity index is 2.45. The zero-order valence-corrected chi connectivity index (χ0v) is 9.46. The summed E-state index contributed by atoms with van der Waals surface area (Å²) >= 11 is 3.77. The topological polar surface area (TPSA) is 20.2 Å². The van der Waals surface area contributed by atoms with Crippen LogP contribution in [0.3, 0.4) is 0 Å². The lowest BCUT2D eigenvalue weighted by Crippen LogP contribution is -2.30. The summed E-state index contributed by atoms with van der Waals surface area (Å²) < 4.78 is 0.597. The first-order valence-corrected chi connectivity index (χ1v) is 7.11. The van der Waals surface area contributed by atoms with Crippen LogP contribution < -0.4 is 0 Å². The van der Waals surface area contributed by atoms with Gasteiger partial charge >= 0.3 is 0 Å². The third-order valence-corrected chi connectivity index (χ3v) is 5.38. The minimum Gasteiger partial charge on any atom is -0.393 e. The van der Waals surface area contributed by atoms with Gasteiger partial charge in [0.2, 0.25) is 0 Å². The second-order valence-corrected chi connectivity index (χ2v) is 5.61. The smallest absolute Gasteiger partial charge is 0.0587 e. The van der Waals surface area contributed by atoms with Crippen molar-refractivity contribution in [1.29, 1.82) is 0 Å². The largest absolute Gasteiger partial charge is 0.393 e. The van der Waals surface area contributed by atoms with Gasteiger partial charge in [-0.25, -0.2) is 0 Å². The normalized spacial score (nSPS) is 31.0. The van der Waals surface area contributed by atoms with Gasteiger partial charge in [0.15, 0.2) is 0 Å². The molecule has 0 spiro atoms. The molecule has 1 nitrogen and oxygen atoms in total. The maximum absolute atomic E-state index is 9.77. The summed E-state index contributed by atoms with van der Waals surface area (Å²) in [6, 6.07) is 0. The lowest BCUT2D eigenvalue weighted by molar-refractivity contribution is 0.0782. The molecule has 2 atom stereocenters. The highest BCUT2D eigenvalue weighted by Crippen LogP contribution is 2.36. The van der Waals surface area contributed by atoms with Crippen LogP contribution >= 0.6 is 23.5 Å². The first-order valence-electron chi connectivity index (χ1n) is 4.53. The van der Waals surface area contributed by atoms with E-state index in [2.05, 4.69) is 12.5 Å². The van der Waals surface area contributed by atoms with E-state index in [0.717, 1.165) is 6.42 Å². The molecule has 0 aromatic rings. The third kappa shape index (κ3) is 2.57. The Morgan fingerprint density at radius 3 is 2.25 bits per heavy atom. The van der Waals surface area contributed by atoms with Crippen LogP contribution in [0.2, 0.25) is 0 Å². The Bertz CT molecular complexity index is 126. The molecule has 3 heteroatoms. The maximum atomic E-state index is 9.77. The second kappa shape index (κ2) is 5.40. The van der Waals surface area contributed by atoms with Crippen LogP contribution in [-0.4, -0.2) is 28.3 Å². The van der Waals surface area contributed by atoms with Crippen molar-refractivity contribution in [3.05, 3.63) is 0 Å². The van der Waals surface area contributed by atoms with Crippen molar-refractivity contribution in [3.63, 3.8) is 0 Å². The molecule has 1 aliphatic carbocycles. The fourth-order valence-electron chi connectivity index (χ4n) is 1.90. The highest BCUT2D eigenvalue weighted by atomic mass is 32.2. The van der Waals surface area contributed by atoms with Crippen molar-refractivity contribution >= 4 is 23.5 Å². The molecule has 1 saturated carbocycles. The molecule has 1 aliphatic rings. The first-order chi connectivity index (χ1) is 5.79. The van der Waals surface area contributed by atoms with E-state index in [-0.39, 0.29) is 6.10 Å². The van der Waals surface area contributed by atoms with Crippen LogP contribution in [0.15, 0.2) is 0 Å². The number of thioether (sulfide) groups is 2. The Hall–Kier alpha value is 0.660. The maximum Gasteiger partial charge on any atom is 0.0587 e. The van der Waals surface area contributed by atoms with Crippen LogP contribution in [-0.2, 0) is 0 Å². The molecule has 0 amide bonds. The summed E-state index contributed by atoms with van der Waals surface area (Å²) in [4.78, 5) is 0. The number of hydrogen-bond acceptors (Lipinski definition) is 3. The Morgan fingerprint density at radius 1 is 1.17 bits per heavy atom. The summed E-state index contributed by atoms with van der Waals surface area (Å²) in [7, 11) is 0. The van der Waals surface area contributed by atoms with Gasteiger partial charge in [0, 0.05) is 5.92 Å². The number of aliphatic hydroxyl groups is 1. The van der Waals surface area contributed by atoms with Crippen LogP contribution in [0.1, 0.15) is 25.7 Å². The van der Waals surface area contributed by atoms with E-state index in [1.54, 1.807) is 0 Å². The summed E-state index contributed by atoms with van der Waals surface area (Å²) in [6.45, 7) is 0. The molecule has 0 radical (unpaired) electrons. The Labute approximate surface area is 83.7 Å². The van der Waals surface area contributed by atoms with Gasteiger partial charge in [-0.15, -0.1) is 0 Å². The van der Waals surface area contributed by atoms with E-state index in [4.69, 9.17) is 0 Å². The van der Waals surface area contributed by atoms with Gasteiger partial charge in [-0.1, -0.05) is 12.8 Å². The van der Waals surface area contributed by atoms with Gasteiger partial charge < -0.3 is 5.11 Å². The monoisotopic (exact) mass is 206 g/mol. The van der Waals surface area contributed by atoms with E-state index in [9.17, 15) is 5.11 Å². The summed E-state index contributed by atoms with van der Waals surface area (Å²) in [5.41, 5.74) is 0. The van der Waals surface area contributed by atoms with Crippen LogP contribution in [0.4, 0.5) is 0 Å². The average Bonchev–Trinajstić information content (AvgIpc) is 2.10. The molecule has 1 N–H and O–H groups in total. The van der Waals surface area contributed by atoms with E-state index < -0.39 is 0 Å². The molecular formula is C9H18OS2. The number of rotatable bonds is 3. The Morgan fingerprint density at radius 2 is 1.75 bits per heavy atom. The van der Waals surface area contributed by atoms with Crippen LogP contribution in [0.25, 0.3) is 0 Å².